The molecule has 5 heteroatoms. The summed E-state index contributed by atoms with van der Waals surface area (Å²) in [4.78, 5) is 23.2. The number of hydrogen-bond donors (Lipinski definition) is 3. The van der Waals surface area contributed by atoms with Gasteiger partial charge in [-0.1, -0.05) is 37.5 Å². The molecule has 1 fully saturated rings. The van der Waals surface area contributed by atoms with Crippen LogP contribution < -0.4 is 10.6 Å². The Balaban J connectivity index is 1.89. The number of para-hydroxylation sites is 1. The van der Waals surface area contributed by atoms with E-state index in [1.807, 2.05) is 18.2 Å². The number of rotatable bonds is 5. The topological polar surface area (TPSA) is 78.4 Å². The highest BCUT2D eigenvalue weighted by atomic mass is 16.3. The minimum atomic E-state index is -0.848. The molecule has 5 nitrogen and oxygen atoms in total. The molecule has 1 aliphatic rings. The molecule has 0 atom stereocenters. The maximum atomic E-state index is 12.1. The second-order valence-electron chi connectivity index (χ2n) is 6.08. The SMILES string of the molecule is CC(=O)Nc1ccccc1CNC(=O)CC1(O)CCCCC1. The molecule has 3 N–H and O–H groups in total. The molecule has 0 spiro atoms. The Labute approximate surface area is 131 Å². The number of aliphatic hydroxyl groups is 1. The average molecular weight is 304 g/mol. The molecule has 22 heavy (non-hydrogen) atoms. The summed E-state index contributed by atoms with van der Waals surface area (Å²) in [5.41, 5.74) is 0.702. The molecule has 1 aromatic carbocycles. The summed E-state index contributed by atoms with van der Waals surface area (Å²) in [6.07, 6.45) is 4.64. The van der Waals surface area contributed by atoms with Crippen LogP contribution in [0.3, 0.4) is 0 Å². The van der Waals surface area contributed by atoms with Crippen LogP contribution in [0.2, 0.25) is 0 Å². The zero-order chi connectivity index (χ0) is 16.0. The smallest absolute Gasteiger partial charge is 0.223 e. The van der Waals surface area contributed by atoms with Crippen LogP contribution in [0.15, 0.2) is 24.3 Å². The monoisotopic (exact) mass is 304 g/mol. The van der Waals surface area contributed by atoms with Crippen molar-refractivity contribution < 1.29 is 14.7 Å². The highest BCUT2D eigenvalue weighted by molar-refractivity contribution is 5.89. The van der Waals surface area contributed by atoms with E-state index in [-0.39, 0.29) is 18.2 Å². The van der Waals surface area contributed by atoms with Gasteiger partial charge in [0.05, 0.1) is 12.0 Å². The molecule has 0 aliphatic heterocycles. The lowest BCUT2D eigenvalue weighted by Crippen LogP contribution is -2.38. The number of carbonyl (C=O) groups excluding carboxylic acids is 2. The van der Waals surface area contributed by atoms with Gasteiger partial charge < -0.3 is 15.7 Å². The average Bonchev–Trinajstić information content (AvgIpc) is 2.46. The molecule has 2 rings (SSSR count). The highest BCUT2D eigenvalue weighted by Crippen LogP contribution is 2.30. The van der Waals surface area contributed by atoms with Crippen molar-refractivity contribution in [1.29, 1.82) is 0 Å². The number of nitrogens with one attached hydrogen (secondary N) is 2. The quantitative estimate of drug-likeness (QED) is 0.781. The normalized spacial score (nSPS) is 16.8. The van der Waals surface area contributed by atoms with Crippen LogP contribution in [-0.2, 0) is 16.1 Å². The van der Waals surface area contributed by atoms with Crippen molar-refractivity contribution in [3.8, 4) is 0 Å². The lowest BCUT2D eigenvalue weighted by atomic mass is 9.82. The molecular weight excluding hydrogens is 280 g/mol. The molecule has 0 aromatic heterocycles. The van der Waals surface area contributed by atoms with Crippen LogP contribution >= 0.6 is 0 Å². The van der Waals surface area contributed by atoms with E-state index in [0.29, 0.717) is 25.1 Å². The second-order valence-corrected chi connectivity index (χ2v) is 6.08. The Kier molecular flexibility index (Phi) is 5.55. The summed E-state index contributed by atoms with van der Waals surface area (Å²) in [6, 6.07) is 7.36. The van der Waals surface area contributed by atoms with E-state index < -0.39 is 5.60 Å². The Bertz CT molecular complexity index is 536. The first-order chi connectivity index (χ1) is 10.5. The van der Waals surface area contributed by atoms with E-state index in [1.54, 1.807) is 6.07 Å². The summed E-state index contributed by atoms with van der Waals surface area (Å²) in [6.45, 7) is 1.79. The van der Waals surface area contributed by atoms with Crippen molar-refractivity contribution in [3.63, 3.8) is 0 Å². The molecular formula is C17H24N2O3. The van der Waals surface area contributed by atoms with Gasteiger partial charge in [-0.05, 0) is 24.5 Å². The zero-order valence-electron chi connectivity index (χ0n) is 13.0. The number of carbonyl (C=O) groups is 2. The first-order valence-corrected chi connectivity index (χ1v) is 7.83. The Morgan fingerprint density at radius 1 is 1.18 bits per heavy atom. The van der Waals surface area contributed by atoms with E-state index in [4.69, 9.17) is 0 Å². The fourth-order valence-corrected chi connectivity index (χ4v) is 2.93. The third kappa shape index (κ3) is 4.84. The Morgan fingerprint density at radius 3 is 2.55 bits per heavy atom. The highest BCUT2D eigenvalue weighted by Gasteiger charge is 2.31. The van der Waals surface area contributed by atoms with Crippen LogP contribution in [0.5, 0.6) is 0 Å². The van der Waals surface area contributed by atoms with E-state index in [1.165, 1.54) is 6.92 Å². The van der Waals surface area contributed by atoms with Crippen LogP contribution in [0.4, 0.5) is 5.69 Å². The fraction of sp³-hybridized carbons (Fsp3) is 0.529. The van der Waals surface area contributed by atoms with E-state index in [9.17, 15) is 14.7 Å². The van der Waals surface area contributed by atoms with Gasteiger partial charge in [-0.2, -0.15) is 0 Å². The number of anilines is 1. The zero-order valence-corrected chi connectivity index (χ0v) is 13.0. The van der Waals surface area contributed by atoms with Gasteiger partial charge in [-0.3, -0.25) is 9.59 Å². The van der Waals surface area contributed by atoms with Gasteiger partial charge in [0.2, 0.25) is 11.8 Å². The summed E-state index contributed by atoms with van der Waals surface area (Å²) in [7, 11) is 0. The van der Waals surface area contributed by atoms with Gasteiger partial charge in [0.1, 0.15) is 0 Å². The van der Waals surface area contributed by atoms with Crippen LogP contribution in [0, 0.1) is 0 Å². The van der Waals surface area contributed by atoms with Crippen LogP contribution in [0.25, 0.3) is 0 Å². The molecule has 0 bridgehead atoms. The van der Waals surface area contributed by atoms with Gasteiger partial charge in [0.15, 0.2) is 0 Å². The predicted octanol–water partition coefficient (Wildman–Crippen LogP) is 2.35. The van der Waals surface area contributed by atoms with E-state index >= 15 is 0 Å². The Morgan fingerprint density at radius 2 is 1.86 bits per heavy atom. The molecule has 1 aliphatic carbocycles. The molecule has 1 aromatic rings. The maximum absolute atomic E-state index is 12.1. The maximum Gasteiger partial charge on any atom is 0.223 e. The molecule has 1 saturated carbocycles. The van der Waals surface area contributed by atoms with Crippen LogP contribution in [-0.4, -0.2) is 22.5 Å². The Hall–Kier alpha value is -1.88. The third-order valence-corrected chi connectivity index (χ3v) is 4.08. The van der Waals surface area contributed by atoms with Crippen LogP contribution in [0.1, 0.15) is 51.0 Å². The lowest BCUT2D eigenvalue weighted by molar-refractivity contribution is -0.127. The van der Waals surface area contributed by atoms with Crippen molar-refractivity contribution in [2.75, 3.05) is 5.32 Å². The van der Waals surface area contributed by atoms with Gasteiger partial charge >= 0.3 is 0 Å². The summed E-state index contributed by atoms with van der Waals surface area (Å²) < 4.78 is 0. The van der Waals surface area contributed by atoms with Crippen molar-refractivity contribution in [2.24, 2.45) is 0 Å². The van der Waals surface area contributed by atoms with Gasteiger partial charge in [0, 0.05) is 19.2 Å². The molecule has 0 radical (unpaired) electrons. The van der Waals surface area contributed by atoms with Crippen molar-refractivity contribution >= 4 is 17.5 Å². The largest absolute Gasteiger partial charge is 0.389 e. The fourth-order valence-electron chi connectivity index (χ4n) is 2.93. The minimum Gasteiger partial charge on any atom is -0.389 e. The van der Waals surface area contributed by atoms with Crippen molar-refractivity contribution in [1.82, 2.24) is 5.32 Å². The second kappa shape index (κ2) is 7.40. The molecule has 0 unspecified atom stereocenters. The van der Waals surface area contributed by atoms with Crippen molar-refractivity contribution in [2.45, 2.75) is 57.6 Å². The predicted molar refractivity (Wildman–Crippen MR) is 85.2 cm³/mol. The molecule has 0 saturated heterocycles. The van der Waals surface area contributed by atoms with E-state index in [2.05, 4.69) is 10.6 Å². The van der Waals surface area contributed by atoms with Gasteiger partial charge in [0.25, 0.3) is 0 Å². The number of hydrogen-bond acceptors (Lipinski definition) is 3. The summed E-state index contributed by atoms with van der Waals surface area (Å²) in [5.74, 6) is -0.294. The standard InChI is InChI=1S/C17H24N2O3/c1-13(20)19-15-8-4-3-7-14(15)12-18-16(21)11-17(22)9-5-2-6-10-17/h3-4,7-8,22H,2,5-6,9-12H2,1H3,(H,18,21)(H,19,20). The molecule has 0 heterocycles. The van der Waals surface area contributed by atoms with E-state index in [0.717, 1.165) is 24.8 Å². The minimum absolute atomic E-state index is 0.143. The van der Waals surface area contributed by atoms with Gasteiger partial charge in [-0.15, -0.1) is 0 Å². The third-order valence-electron chi connectivity index (χ3n) is 4.08. The number of benzene rings is 1. The van der Waals surface area contributed by atoms with Gasteiger partial charge in [-0.25, -0.2) is 0 Å². The molecule has 2 amide bonds. The number of amides is 2. The first kappa shape index (κ1) is 16.5. The van der Waals surface area contributed by atoms with Crippen molar-refractivity contribution in [3.05, 3.63) is 29.8 Å². The summed E-state index contributed by atoms with van der Waals surface area (Å²) >= 11 is 0. The molecule has 120 valence electrons. The summed E-state index contributed by atoms with van der Waals surface area (Å²) in [5, 5.41) is 16.0. The first-order valence-electron chi connectivity index (χ1n) is 7.83. The lowest BCUT2D eigenvalue weighted by Gasteiger charge is -2.31.